The van der Waals surface area contributed by atoms with Gasteiger partial charge in [-0.1, -0.05) is 97.8 Å². The summed E-state index contributed by atoms with van der Waals surface area (Å²) in [6.45, 7) is 0.951. The maximum atomic E-state index is 13.3. The van der Waals surface area contributed by atoms with Crippen LogP contribution in [0, 0.1) is 5.92 Å². The van der Waals surface area contributed by atoms with Crippen LogP contribution in [0.3, 0.4) is 0 Å². The first-order chi connectivity index (χ1) is 20.9. The number of amides is 3. The number of carbonyl (C=O) groups excluding carboxylic acids is 2. The number of rotatable bonds is 10. The van der Waals surface area contributed by atoms with Crippen molar-refractivity contribution in [3.63, 3.8) is 0 Å². The van der Waals surface area contributed by atoms with Crippen LogP contribution in [0.15, 0.2) is 94.9 Å². The van der Waals surface area contributed by atoms with E-state index in [0.717, 1.165) is 47.9 Å². The maximum Gasteiger partial charge on any atom is 0.328 e. The van der Waals surface area contributed by atoms with Crippen LogP contribution in [0.5, 0.6) is 0 Å². The lowest BCUT2D eigenvalue weighted by Gasteiger charge is -2.26. The largest absolute Gasteiger partial charge is 0.393 e. The summed E-state index contributed by atoms with van der Waals surface area (Å²) in [6.07, 6.45) is 3.94. The molecule has 10 heteroatoms. The van der Waals surface area contributed by atoms with Crippen molar-refractivity contribution < 1.29 is 14.7 Å². The molecule has 3 unspecified atom stereocenters. The van der Waals surface area contributed by atoms with Gasteiger partial charge in [-0.3, -0.25) is 20.4 Å². The molecule has 4 rings (SSSR count). The van der Waals surface area contributed by atoms with Crippen LogP contribution in [0.1, 0.15) is 53.9 Å². The number of hydrogen-bond acceptors (Lipinski definition) is 5. The fraction of sp³-hybridized carbons (Fsp3) is 0.333. The third-order valence-electron chi connectivity index (χ3n) is 7.54. The Bertz CT molecular complexity index is 1400. The Balaban J connectivity index is 1.27. The number of aliphatic imine (C=N–C) groups is 2. The summed E-state index contributed by atoms with van der Waals surface area (Å²) in [7, 11) is 0. The van der Waals surface area contributed by atoms with E-state index in [-0.39, 0.29) is 42.3 Å². The first-order valence-electron chi connectivity index (χ1n) is 14.7. The third kappa shape index (κ3) is 10.3. The van der Waals surface area contributed by atoms with E-state index < -0.39 is 6.03 Å². The molecule has 1 aliphatic carbocycles. The molecule has 0 spiro atoms. The third-order valence-corrected chi connectivity index (χ3v) is 7.54. The number of benzene rings is 3. The maximum absolute atomic E-state index is 13.3. The monoisotopic (exact) mass is 583 g/mol. The van der Waals surface area contributed by atoms with Gasteiger partial charge in [-0.05, 0) is 41.5 Å². The number of nitrogens with one attached hydrogen (secondary N) is 3. The molecular formula is C33H41N7O3. The van der Waals surface area contributed by atoms with Gasteiger partial charge in [0, 0.05) is 19.0 Å². The molecule has 0 radical (unpaired) electrons. The van der Waals surface area contributed by atoms with Gasteiger partial charge in [0.15, 0.2) is 11.9 Å². The normalized spacial score (nSPS) is 18.0. The van der Waals surface area contributed by atoms with Gasteiger partial charge in [0.1, 0.15) is 0 Å². The quantitative estimate of drug-likeness (QED) is 0.159. The summed E-state index contributed by atoms with van der Waals surface area (Å²) in [5.41, 5.74) is 15.6. The Morgan fingerprint density at radius 2 is 1.44 bits per heavy atom. The van der Waals surface area contributed by atoms with E-state index in [1.54, 1.807) is 0 Å². The molecule has 0 bridgehead atoms. The van der Waals surface area contributed by atoms with Gasteiger partial charge in [0.25, 0.3) is 0 Å². The van der Waals surface area contributed by atoms with Gasteiger partial charge in [0.05, 0.1) is 18.6 Å². The van der Waals surface area contributed by atoms with Crippen molar-refractivity contribution >= 4 is 23.9 Å². The zero-order valence-electron chi connectivity index (χ0n) is 24.3. The van der Waals surface area contributed by atoms with Gasteiger partial charge < -0.3 is 21.9 Å². The van der Waals surface area contributed by atoms with Crippen molar-refractivity contribution in [1.82, 2.24) is 16.0 Å². The van der Waals surface area contributed by atoms with Crippen molar-refractivity contribution in [2.75, 3.05) is 6.54 Å². The number of nitrogens with zero attached hydrogens (tertiary/aromatic N) is 2. The summed E-state index contributed by atoms with van der Waals surface area (Å²) in [6, 6.07) is 26.8. The molecule has 0 aromatic heterocycles. The Morgan fingerprint density at radius 3 is 2.16 bits per heavy atom. The van der Waals surface area contributed by atoms with Crippen LogP contribution < -0.4 is 27.4 Å². The van der Waals surface area contributed by atoms with E-state index in [4.69, 9.17) is 11.5 Å². The van der Waals surface area contributed by atoms with Crippen molar-refractivity contribution in [3.8, 4) is 0 Å². The summed E-state index contributed by atoms with van der Waals surface area (Å²) in [4.78, 5) is 34.0. The molecule has 0 aliphatic heterocycles. The highest BCUT2D eigenvalue weighted by molar-refractivity contribution is 6.03. The molecule has 1 fully saturated rings. The number of hydrogen-bond donors (Lipinski definition) is 6. The van der Waals surface area contributed by atoms with Crippen LogP contribution in [-0.2, 0) is 24.3 Å². The lowest BCUT2D eigenvalue weighted by atomic mass is 9.87. The Kier molecular flexibility index (Phi) is 11.7. The molecular weight excluding hydrogens is 542 g/mol. The van der Waals surface area contributed by atoms with Crippen molar-refractivity contribution in [2.45, 2.75) is 57.2 Å². The predicted molar refractivity (Wildman–Crippen MR) is 169 cm³/mol. The predicted octanol–water partition coefficient (Wildman–Crippen LogP) is 3.31. The number of urea groups is 1. The Hall–Kier alpha value is -4.70. The molecule has 3 aromatic carbocycles. The molecule has 0 heterocycles. The van der Waals surface area contributed by atoms with Gasteiger partial charge in [-0.15, -0.1) is 0 Å². The highest BCUT2D eigenvalue weighted by Crippen LogP contribution is 2.24. The summed E-state index contributed by atoms with van der Waals surface area (Å²) < 4.78 is 0. The molecule has 3 atom stereocenters. The van der Waals surface area contributed by atoms with Crippen LogP contribution in [0.2, 0.25) is 0 Å². The highest BCUT2D eigenvalue weighted by atomic mass is 16.3. The van der Waals surface area contributed by atoms with E-state index >= 15 is 0 Å². The molecule has 10 nitrogen and oxygen atoms in total. The van der Waals surface area contributed by atoms with Crippen molar-refractivity contribution in [1.29, 1.82) is 0 Å². The minimum atomic E-state index is -0.647. The van der Waals surface area contributed by atoms with E-state index in [2.05, 4.69) is 25.9 Å². The molecule has 1 aliphatic rings. The Labute approximate surface area is 252 Å². The summed E-state index contributed by atoms with van der Waals surface area (Å²) in [5.74, 6) is -0.427. The van der Waals surface area contributed by atoms with Gasteiger partial charge >= 0.3 is 6.03 Å². The number of guanidine groups is 2. The number of aliphatic hydroxyl groups is 1. The minimum absolute atomic E-state index is 0.0453. The first kappa shape index (κ1) is 31.2. The average Bonchev–Trinajstić information content (AvgIpc) is 3.02. The van der Waals surface area contributed by atoms with Crippen molar-refractivity contribution in [2.24, 2.45) is 27.4 Å². The van der Waals surface area contributed by atoms with Crippen LogP contribution in [-0.4, -0.2) is 41.6 Å². The topological polar surface area (TPSA) is 167 Å². The minimum Gasteiger partial charge on any atom is -0.393 e. The smallest absolute Gasteiger partial charge is 0.328 e. The fourth-order valence-electron chi connectivity index (χ4n) is 5.18. The summed E-state index contributed by atoms with van der Waals surface area (Å²) in [5, 5.41) is 18.0. The van der Waals surface area contributed by atoms with Gasteiger partial charge in [0.2, 0.25) is 5.91 Å². The second-order valence-corrected chi connectivity index (χ2v) is 10.8. The zero-order chi connectivity index (χ0) is 30.4. The van der Waals surface area contributed by atoms with Gasteiger partial charge in [-0.25, -0.2) is 9.79 Å². The summed E-state index contributed by atoms with van der Waals surface area (Å²) >= 11 is 0. The average molecular weight is 584 g/mol. The fourth-order valence-corrected chi connectivity index (χ4v) is 5.18. The molecule has 3 amide bonds. The van der Waals surface area contributed by atoms with E-state index in [9.17, 15) is 14.7 Å². The van der Waals surface area contributed by atoms with Crippen molar-refractivity contribution in [3.05, 3.63) is 107 Å². The highest BCUT2D eigenvalue weighted by Gasteiger charge is 2.23. The molecule has 8 N–H and O–H groups in total. The second kappa shape index (κ2) is 16.1. The van der Waals surface area contributed by atoms with Crippen LogP contribution >= 0.6 is 0 Å². The first-order valence-corrected chi connectivity index (χ1v) is 14.7. The lowest BCUT2D eigenvalue weighted by molar-refractivity contribution is -0.122. The van der Waals surface area contributed by atoms with Crippen LogP contribution in [0.25, 0.3) is 0 Å². The number of nitrogens with two attached hydrogens (primary N) is 2. The van der Waals surface area contributed by atoms with E-state index in [1.165, 1.54) is 0 Å². The van der Waals surface area contributed by atoms with E-state index in [1.807, 2.05) is 84.9 Å². The molecule has 0 saturated heterocycles. The molecule has 3 aromatic rings. The lowest BCUT2D eigenvalue weighted by Crippen LogP contribution is -2.48. The second-order valence-electron chi connectivity index (χ2n) is 10.8. The molecule has 1 saturated carbocycles. The van der Waals surface area contributed by atoms with E-state index in [0.29, 0.717) is 19.5 Å². The van der Waals surface area contributed by atoms with Gasteiger partial charge in [-0.2, -0.15) is 0 Å². The SMILES string of the molecule is NC(=NCc1cccc(CNC(=O)C(Cc2ccccc2)c2ccccc2)c1)NC(=O)NC(N)=NCC1CCCCC1O. The Morgan fingerprint density at radius 1 is 0.814 bits per heavy atom. The standard InChI is InChI=1S/C33H41N7O3/c34-31(39-33(43)40-32(35)38-22-27-16-7-8-17-29(27)41)37-21-25-13-9-12-24(18-25)20-36-30(42)28(26-14-5-2-6-15-26)19-23-10-3-1-4-11-23/h1-6,9-15,18,27-29,41H,7-8,16-17,19-22H2,(H,36,42)(H6,34,35,37,38,39,40,43). The zero-order valence-corrected chi connectivity index (χ0v) is 24.3. The number of aliphatic hydroxyl groups excluding tert-OH is 1. The molecule has 43 heavy (non-hydrogen) atoms. The molecule has 226 valence electrons. The van der Waals surface area contributed by atoms with Crippen LogP contribution in [0.4, 0.5) is 4.79 Å². The number of carbonyl (C=O) groups is 2.